The number of aromatic nitrogens is 1. The number of nitrogens with one attached hydrogen (secondary N) is 1. The summed E-state index contributed by atoms with van der Waals surface area (Å²) in [5.74, 6) is -1.67. The Morgan fingerprint density at radius 1 is 1.38 bits per heavy atom. The van der Waals surface area contributed by atoms with E-state index in [2.05, 4.69) is 12.2 Å². The molecule has 1 rings (SSSR count). The molecule has 0 aliphatic rings. The van der Waals surface area contributed by atoms with Crippen molar-refractivity contribution in [2.45, 2.75) is 6.18 Å². The molecule has 2 nitrogen and oxygen atoms in total. The number of H-pyrrole nitrogens is 1. The van der Waals surface area contributed by atoms with Crippen LogP contribution in [-0.2, 0) is 6.18 Å². The van der Waals surface area contributed by atoms with Crippen molar-refractivity contribution >= 4 is 18.0 Å². The largest absolute Gasteiger partial charge is 0.419 e. The molecule has 1 aromatic heterocycles. The lowest BCUT2D eigenvalue weighted by atomic mass is 10.2. The van der Waals surface area contributed by atoms with Crippen LogP contribution >= 0.6 is 12.2 Å². The molecular formula is C6H4F4N2S. The fourth-order valence-corrected chi connectivity index (χ4v) is 1.01. The van der Waals surface area contributed by atoms with Gasteiger partial charge in [0, 0.05) is 0 Å². The van der Waals surface area contributed by atoms with Crippen LogP contribution in [0.1, 0.15) is 5.56 Å². The zero-order chi connectivity index (χ0) is 10.2. The van der Waals surface area contributed by atoms with Crippen molar-refractivity contribution < 1.29 is 17.6 Å². The first-order valence-electron chi connectivity index (χ1n) is 3.08. The summed E-state index contributed by atoms with van der Waals surface area (Å²) in [7, 11) is 0. The second kappa shape index (κ2) is 2.99. The molecule has 0 fully saturated rings. The van der Waals surface area contributed by atoms with Crippen LogP contribution < -0.4 is 5.73 Å². The van der Waals surface area contributed by atoms with Crippen molar-refractivity contribution in [2.24, 2.45) is 0 Å². The van der Waals surface area contributed by atoms with Crippen molar-refractivity contribution in [1.82, 2.24) is 4.98 Å². The number of nitrogen functional groups attached to an aromatic ring is 1. The zero-order valence-corrected chi connectivity index (χ0v) is 6.89. The number of hydrogen-bond donors (Lipinski definition) is 2. The number of halogens is 4. The molecule has 0 saturated carbocycles. The van der Waals surface area contributed by atoms with Gasteiger partial charge in [0.15, 0.2) is 5.82 Å². The summed E-state index contributed by atoms with van der Waals surface area (Å²) in [6, 6.07) is 0.272. The number of alkyl halides is 3. The van der Waals surface area contributed by atoms with Crippen LogP contribution in [0, 0.1) is 10.5 Å². The van der Waals surface area contributed by atoms with E-state index in [1.807, 2.05) is 4.98 Å². The van der Waals surface area contributed by atoms with E-state index in [9.17, 15) is 17.6 Å². The normalized spacial score (nSPS) is 11.7. The van der Waals surface area contributed by atoms with Crippen LogP contribution in [-0.4, -0.2) is 4.98 Å². The third-order valence-corrected chi connectivity index (χ3v) is 1.65. The molecule has 0 radical (unpaired) electrons. The standard InChI is InChI=1S/C6H4F4N2S/c7-3-1-2(6(8,9)10)5(13)12-4(3)11/h1H,(H3,11,12,13). The van der Waals surface area contributed by atoms with Gasteiger partial charge in [-0.3, -0.25) is 0 Å². The highest BCUT2D eigenvalue weighted by atomic mass is 32.1. The van der Waals surface area contributed by atoms with E-state index in [-0.39, 0.29) is 6.07 Å². The number of pyridine rings is 1. The number of hydrogen-bond acceptors (Lipinski definition) is 2. The first-order chi connectivity index (χ1) is 5.82. The number of nitrogens with two attached hydrogens (primary N) is 1. The number of anilines is 1. The molecular weight excluding hydrogens is 208 g/mol. The summed E-state index contributed by atoms with van der Waals surface area (Å²) in [4.78, 5) is 1.91. The predicted octanol–water partition coefficient (Wildman–Crippen LogP) is 2.48. The van der Waals surface area contributed by atoms with E-state index in [0.717, 1.165) is 0 Å². The van der Waals surface area contributed by atoms with Crippen LogP contribution in [0.25, 0.3) is 0 Å². The minimum Gasteiger partial charge on any atom is -0.383 e. The van der Waals surface area contributed by atoms with E-state index >= 15 is 0 Å². The van der Waals surface area contributed by atoms with Gasteiger partial charge in [-0.2, -0.15) is 13.2 Å². The minimum absolute atomic E-state index is 0.272. The maximum atomic E-state index is 12.6. The van der Waals surface area contributed by atoms with E-state index < -0.39 is 28.0 Å². The summed E-state index contributed by atoms with van der Waals surface area (Å²) in [6.45, 7) is 0. The maximum Gasteiger partial charge on any atom is 0.419 e. The third-order valence-electron chi connectivity index (χ3n) is 1.33. The van der Waals surface area contributed by atoms with E-state index in [1.54, 1.807) is 0 Å². The van der Waals surface area contributed by atoms with Crippen molar-refractivity contribution in [1.29, 1.82) is 0 Å². The summed E-state index contributed by atoms with van der Waals surface area (Å²) in [6.07, 6.45) is -4.66. The minimum atomic E-state index is -4.66. The molecule has 0 spiro atoms. The van der Waals surface area contributed by atoms with Gasteiger partial charge in [0.2, 0.25) is 0 Å². The number of rotatable bonds is 0. The molecule has 0 unspecified atom stereocenters. The number of aromatic amines is 1. The van der Waals surface area contributed by atoms with Gasteiger partial charge in [0.25, 0.3) is 0 Å². The highest BCUT2D eigenvalue weighted by molar-refractivity contribution is 7.71. The van der Waals surface area contributed by atoms with Crippen LogP contribution in [0.2, 0.25) is 0 Å². The van der Waals surface area contributed by atoms with E-state index in [0.29, 0.717) is 0 Å². The fourth-order valence-electron chi connectivity index (χ4n) is 0.730. The summed E-state index contributed by atoms with van der Waals surface area (Å²) in [5, 5.41) is 0. The van der Waals surface area contributed by atoms with Gasteiger partial charge < -0.3 is 10.7 Å². The summed E-state index contributed by atoms with van der Waals surface area (Å²) >= 11 is 4.33. The first kappa shape index (κ1) is 9.97. The van der Waals surface area contributed by atoms with Gasteiger partial charge in [0.05, 0.1) is 5.56 Å². The first-order valence-corrected chi connectivity index (χ1v) is 3.48. The molecule has 3 N–H and O–H groups in total. The summed E-state index contributed by atoms with van der Waals surface area (Å²) in [5.41, 5.74) is 3.74. The molecule has 1 heterocycles. The van der Waals surface area contributed by atoms with E-state index in [1.165, 1.54) is 0 Å². The van der Waals surface area contributed by atoms with Gasteiger partial charge in [-0.15, -0.1) is 0 Å². The topological polar surface area (TPSA) is 41.8 Å². The van der Waals surface area contributed by atoms with Crippen LogP contribution in [0.15, 0.2) is 6.07 Å². The highest BCUT2D eigenvalue weighted by Gasteiger charge is 2.33. The van der Waals surface area contributed by atoms with Crippen LogP contribution in [0.3, 0.4) is 0 Å². The Hall–Kier alpha value is -1.11. The Morgan fingerprint density at radius 2 is 1.92 bits per heavy atom. The molecule has 7 heteroatoms. The quantitative estimate of drug-likeness (QED) is 0.512. The van der Waals surface area contributed by atoms with Crippen LogP contribution in [0.4, 0.5) is 23.4 Å². The Balaban J connectivity index is 3.41. The Labute approximate surface area is 75.4 Å². The van der Waals surface area contributed by atoms with Crippen LogP contribution in [0.5, 0.6) is 0 Å². The lowest BCUT2D eigenvalue weighted by Crippen LogP contribution is -2.09. The van der Waals surface area contributed by atoms with Crippen molar-refractivity contribution in [2.75, 3.05) is 5.73 Å². The average molecular weight is 212 g/mol. The third kappa shape index (κ3) is 1.97. The molecule has 0 atom stereocenters. The molecule has 13 heavy (non-hydrogen) atoms. The van der Waals surface area contributed by atoms with Gasteiger partial charge in [-0.1, -0.05) is 12.2 Å². The lowest BCUT2D eigenvalue weighted by molar-refractivity contribution is -0.138. The van der Waals surface area contributed by atoms with Crippen molar-refractivity contribution in [3.63, 3.8) is 0 Å². The Morgan fingerprint density at radius 3 is 2.38 bits per heavy atom. The van der Waals surface area contributed by atoms with Gasteiger partial charge in [-0.25, -0.2) is 4.39 Å². The van der Waals surface area contributed by atoms with Gasteiger partial charge in [-0.05, 0) is 6.07 Å². The molecule has 0 aromatic carbocycles. The molecule has 0 amide bonds. The smallest absolute Gasteiger partial charge is 0.383 e. The van der Waals surface area contributed by atoms with E-state index in [4.69, 9.17) is 5.73 Å². The maximum absolute atomic E-state index is 12.6. The highest BCUT2D eigenvalue weighted by Crippen LogP contribution is 2.30. The summed E-state index contributed by atoms with van der Waals surface area (Å²) < 4.78 is 48.2. The molecule has 0 bridgehead atoms. The fraction of sp³-hybridized carbons (Fsp3) is 0.167. The molecule has 0 saturated heterocycles. The van der Waals surface area contributed by atoms with Crippen molar-refractivity contribution in [3.05, 3.63) is 22.1 Å². The second-order valence-electron chi connectivity index (χ2n) is 2.27. The Kier molecular flexibility index (Phi) is 2.29. The van der Waals surface area contributed by atoms with Gasteiger partial charge >= 0.3 is 6.18 Å². The Bertz CT molecular complexity index is 381. The SMILES string of the molecule is Nc1[nH]c(=S)c(C(F)(F)F)cc1F. The molecule has 0 aliphatic carbocycles. The predicted molar refractivity (Wildman–Crippen MR) is 41.0 cm³/mol. The average Bonchev–Trinajstić information content (AvgIpc) is 1.94. The van der Waals surface area contributed by atoms with Gasteiger partial charge in [0.1, 0.15) is 10.5 Å². The van der Waals surface area contributed by atoms with Crippen molar-refractivity contribution in [3.8, 4) is 0 Å². The second-order valence-corrected chi connectivity index (χ2v) is 2.68. The zero-order valence-electron chi connectivity index (χ0n) is 6.07. The molecule has 0 aliphatic heterocycles. The molecule has 72 valence electrons. The monoisotopic (exact) mass is 212 g/mol. The lowest BCUT2D eigenvalue weighted by Gasteiger charge is -2.07. The molecule has 1 aromatic rings.